The first-order valence-corrected chi connectivity index (χ1v) is 10.5. The average molecular weight is 406 g/mol. The van der Waals surface area contributed by atoms with E-state index in [4.69, 9.17) is 4.74 Å². The Morgan fingerprint density at radius 1 is 1.07 bits per heavy atom. The largest absolute Gasteiger partial charge is 0.381 e. The number of carbonyl (C=O) groups excluding carboxylic acids is 1. The van der Waals surface area contributed by atoms with Crippen LogP contribution in [0.2, 0.25) is 0 Å². The van der Waals surface area contributed by atoms with Gasteiger partial charge in [0.05, 0.1) is 4.90 Å². The summed E-state index contributed by atoms with van der Waals surface area (Å²) in [6.45, 7) is 1.53. The Balaban J connectivity index is 1.74. The zero-order valence-corrected chi connectivity index (χ0v) is 16.4. The van der Waals surface area contributed by atoms with E-state index in [9.17, 15) is 17.6 Å². The van der Waals surface area contributed by atoms with Crippen LogP contribution in [0.15, 0.2) is 53.4 Å². The topological polar surface area (TPSA) is 84.5 Å². The lowest BCUT2D eigenvalue weighted by Gasteiger charge is -2.38. The predicted octanol–water partition coefficient (Wildman–Crippen LogP) is 2.21. The molecule has 3 rings (SSSR count). The van der Waals surface area contributed by atoms with Crippen molar-refractivity contribution in [3.63, 3.8) is 0 Å². The Kier molecular flexibility index (Phi) is 6.12. The summed E-state index contributed by atoms with van der Waals surface area (Å²) in [5.74, 6) is -0.590. The van der Waals surface area contributed by atoms with Crippen LogP contribution in [0.25, 0.3) is 0 Å². The molecular weight excluding hydrogens is 383 g/mol. The quantitative estimate of drug-likeness (QED) is 0.770. The second-order valence-electron chi connectivity index (χ2n) is 6.81. The molecule has 0 spiro atoms. The number of amides is 1. The van der Waals surface area contributed by atoms with Crippen molar-refractivity contribution in [2.75, 3.05) is 26.8 Å². The Morgan fingerprint density at radius 2 is 1.68 bits per heavy atom. The molecule has 150 valence electrons. The van der Waals surface area contributed by atoms with Gasteiger partial charge in [-0.15, -0.1) is 0 Å². The molecule has 0 saturated carbocycles. The van der Waals surface area contributed by atoms with E-state index in [0.717, 1.165) is 18.4 Å². The third-order valence-electron chi connectivity index (χ3n) is 5.19. The molecule has 6 nitrogen and oxygen atoms in total. The number of sulfonamides is 1. The van der Waals surface area contributed by atoms with E-state index < -0.39 is 10.0 Å². The van der Waals surface area contributed by atoms with Crippen LogP contribution in [0.5, 0.6) is 0 Å². The highest BCUT2D eigenvalue weighted by Crippen LogP contribution is 2.34. The molecule has 0 unspecified atom stereocenters. The minimum Gasteiger partial charge on any atom is -0.381 e. The summed E-state index contributed by atoms with van der Waals surface area (Å²) >= 11 is 0. The number of hydrogen-bond donors (Lipinski definition) is 2. The Bertz CT molecular complexity index is 922. The molecule has 1 aliphatic heterocycles. The normalized spacial score (nSPS) is 16.5. The minimum absolute atomic E-state index is 0.0961. The van der Waals surface area contributed by atoms with Gasteiger partial charge in [0.15, 0.2) is 0 Å². The van der Waals surface area contributed by atoms with Crippen LogP contribution in [0.1, 0.15) is 28.8 Å². The van der Waals surface area contributed by atoms with Crippen LogP contribution in [-0.4, -0.2) is 41.1 Å². The second kappa shape index (κ2) is 8.38. The van der Waals surface area contributed by atoms with E-state index in [0.29, 0.717) is 25.3 Å². The summed E-state index contributed by atoms with van der Waals surface area (Å²) in [7, 11) is -2.21. The van der Waals surface area contributed by atoms with E-state index in [1.165, 1.54) is 43.4 Å². The van der Waals surface area contributed by atoms with E-state index >= 15 is 0 Å². The van der Waals surface area contributed by atoms with Crippen molar-refractivity contribution in [2.24, 2.45) is 0 Å². The van der Waals surface area contributed by atoms with Crippen molar-refractivity contribution in [2.45, 2.75) is 23.2 Å². The first kappa shape index (κ1) is 20.4. The molecule has 0 aromatic heterocycles. The molecule has 1 amide bonds. The lowest BCUT2D eigenvalue weighted by molar-refractivity contribution is 0.0487. The Morgan fingerprint density at radius 3 is 2.25 bits per heavy atom. The monoisotopic (exact) mass is 406 g/mol. The summed E-state index contributed by atoms with van der Waals surface area (Å²) in [5, 5.41) is 2.94. The maximum absolute atomic E-state index is 13.3. The summed E-state index contributed by atoms with van der Waals surface area (Å²) in [4.78, 5) is 12.7. The third kappa shape index (κ3) is 4.40. The van der Waals surface area contributed by atoms with Crippen LogP contribution >= 0.6 is 0 Å². The van der Waals surface area contributed by atoms with Crippen molar-refractivity contribution >= 4 is 15.9 Å². The molecule has 0 radical (unpaired) electrons. The molecule has 1 fully saturated rings. The molecule has 1 saturated heterocycles. The SMILES string of the molecule is CNS(=O)(=O)c1ccc(C(=O)NCC2(c3ccc(F)cc3)CCOCC2)cc1. The summed E-state index contributed by atoms with van der Waals surface area (Å²) in [6.07, 6.45) is 1.44. The lowest BCUT2D eigenvalue weighted by Crippen LogP contribution is -2.44. The molecule has 0 bridgehead atoms. The number of halogens is 1. The summed E-state index contributed by atoms with van der Waals surface area (Å²) < 4.78 is 44.6. The van der Waals surface area contributed by atoms with Crippen molar-refractivity contribution in [1.82, 2.24) is 10.0 Å². The lowest BCUT2D eigenvalue weighted by atomic mass is 9.74. The second-order valence-corrected chi connectivity index (χ2v) is 8.70. The van der Waals surface area contributed by atoms with Gasteiger partial charge in [0.25, 0.3) is 5.91 Å². The smallest absolute Gasteiger partial charge is 0.251 e. The molecule has 2 aromatic rings. The first-order chi connectivity index (χ1) is 13.4. The van der Waals surface area contributed by atoms with Crippen LogP contribution in [0.4, 0.5) is 4.39 Å². The zero-order chi connectivity index (χ0) is 20.2. The van der Waals surface area contributed by atoms with Crippen molar-refractivity contribution in [3.8, 4) is 0 Å². The van der Waals surface area contributed by atoms with Crippen molar-refractivity contribution in [1.29, 1.82) is 0 Å². The van der Waals surface area contributed by atoms with E-state index in [1.54, 1.807) is 12.1 Å². The van der Waals surface area contributed by atoms with Gasteiger partial charge in [-0.1, -0.05) is 12.1 Å². The van der Waals surface area contributed by atoms with Gasteiger partial charge in [-0.2, -0.15) is 0 Å². The minimum atomic E-state index is -3.55. The molecule has 0 aliphatic carbocycles. The zero-order valence-electron chi connectivity index (χ0n) is 15.6. The molecule has 2 N–H and O–H groups in total. The fourth-order valence-electron chi connectivity index (χ4n) is 3.39. The van der Waals surface area contributed by atoms with Crippen LogP contribution in [0, 0.1) is 5.82 Å². The Hall–Kier alpha value is -2.29. The van der Waals surface area contributed by atoms with E-state index in [1.807, 2.05) is 0 Å². The van der Waals surface area contributed by atoms with Gasteiger partial charge in [0.1, 0.15) is 5.82 Å². The molecule has 8 heteroatoms. The molecule has 1 aliphatic rings. The van der Waals surface area contributed by atoms with E-state index in [2.05, 4.69) is 10.0 Å². The summed E-state index contributed by atoms with van der Waals surface area (Å²) in [5.41, 5.74) is 1.01. The predicted molar refractivity (Wildman–Crippen MR) is 103 cm³/mol. The van der Waals surface area contributed by atoms with Crippen molar-refractivity contribution < 1.29 is 22.3 Å². The molecule has 28 heavy (non-hydrogen) atoms. The molecule has 1 heterocycles. The number of ether oxygens (including phenoxy) is 1. The van der Waals surface area contributed by atoms with Gasteiger partial charge in [-0.3, -0.25) is 4.79 Å². The number of rotatable bonds is 6. The fourth-order valence-corrected chi connectivity index (χ4v) is 4.12. The van der Waals surface area contributed by atoms with Crippen LogP contribution in [-0.2, 0) is 20.2 Å². The molecule has 0 atom stereocenters. The number of carbonyl (C=O) groups is 1. The standard InChI is InChI=1S/C20H23FN2O4S/c1-22-28(25,26)18-8-2-15(3-9-18)19(24)23-14-20(10-12-27-13-11-20)16-4-6-17(21)7-5-16/h2-9,22H,10-14H2,1H3,(H,23,24). The highest BCUT2D eigenvalue weighted by Gasteiger charge is 2.35. The third-order valence-corrected chi connectivity index (χ3v) is 6.62. The van der Waals surface area contributed by atoms with Gasteiger partial charge in [-0.05, 0) is 61.9 Å². The molecule has 2 aromatic carbocycles. The average Bonchev–Trinajstić information content (AvgIpc) is 2.73. The van der Waals surface area contributed by atoms with Gasteiger partial charge in [-0.25, -0.2) is 17.5 Å². The van der Waals surface area contributed by atoms with Gasteiger partial charge < -0.3 is 10.1 Å². The first-order valence-electron chi connectivity index (χ1n) is 9.02. The van der Waals surface area contributed by atoms with Crippen LogP contribution in [0.3, 0.4) is 0 Å². The maximum Gasteiger partial charge on any atom is 0.251 e. The number of hydrogen-bond acceptors (Lipinski definition) is 4. The van der Waals surface area contributed by atoms with Crippen molar-refractivity contribution in [3.05, 3.63) is 65.5 Å². The maximum atomic E-state index is 13.3. The van der Waals surface area contributed by atoms with Crippen LogP contribution < -0.4 is 10.0 Å². The van der Waals surface area contributed by atoms with Gasteiger partial charge in [0.2, 0.25) is 10.0 Å². The highest BCUT2D eigenvalue weighted by molar-refractivity contribution is 7.89. The molecular formula is C20H23FN2O4S. The van der Waals surface area contributed by atoms with Gasteiger partial charge >= 0.3 is 0 Å². The highest BCUT2D eigenvalue weighted by atomic mass is 32.2. The Labute approximate surface area is 164 Å². The van der Waals surface area contributed by atoms with E-state index in [-0.39, 0.29) is 22.0 Å². The summed E-state index contributed by atoms with van der Waals surface area (Å²) in [6, 6.07) is 12.1. The number of benzene rings is 2. The number of nitrogens with one attached hydrogen (secondary N) is 2. The fraction of sp³-hybridized carbons (Fsp3) is 0.350. The van der Waals surface area contributed by atoms with Gasteiger partial charge in [0, 0.05) is 30.7 Å².